The van der Waals surface area contributed by atoms with Gasteiger partial charge < -0.3 is 25.4 Å². The quantitative estimate of drug-likeness (QED) is 0.278. The van der Waals surface area contributed by atoms with E-state index in [4.69, 9.17) is 15.2 Å². The van der Waals surface area contributed by atoms with Crippen molar-refractivity contribution >= 4 is 29.0 Å². The number of anilines is 1. The molecule has 0 spiro atoms. The van der Waals surface area contributed by atoms with Crippen LogP contribution in [0.5, 0.6) is 0 Å². The number of ether oxygens (including phenoxy) is 2. The minimum atomic E-state index is -1.54. The smallest absolute Gasteiger partial charge is 0.193 e. The van der Waals surface area contributed by atoms with Gasteiger partial charge in [-0.25, -0.2) is 4.39 Å². The van der Waals surface area contributed by atoms with Crippen LogP contribution in [0, 0.1) is 41.3 Å². The molecule has 4 N–H and O–H groups in total. The summed E-state index contributed by atoms with van der Waals surface area (Å²) in [6.45, 7) is 5.12. The van der Waals surface area contributed by atoms with E-state index in [2.05, 4.69) is 6.92 Å². The molecule has 1 heterocycles. The predicted octanol–water partition coefficient (Wildman–Crippen LogP) is 5.61. The number of thioether (sulfide) groups is 1. The van der Waals surface area contributed by atoms with Crippen molar-refractivity contribution in [2.75, 3.05) is 12.3 Å². The standard InChI is InChI=1S/C36H40FNO6S/c1-19-8-11-27(45-18-20-6-4-5-7-25(20)38)32(37)30(19)33-43-29-15-24-23-10-9-21-14-22(40)12-13-34(21,2)31(23)26(41)16-35(24,3)36(29,44-33)28(42)17-39/h4-8,11-14,23-24,26,29,31,33,39,41H,9-10,15-18,38H2,1-3H3/t23-,24?,26-,29+,31?,33+,34-,35-,36+/m0/s1. The molecule has 1 saturated heterocycles. The van der Waals surface area contributed by atoms with Crippen LogP contribution in [0.2, 0.25) is 0 Å². The third-order valence-corrected chi connectivity index (χ3v) is 12.9. The number of nitrogens with two attached hydrogens (primary N) is 1. The summed E-state index contributed by atoms with van der Waals surface area (Å²) in [5.41, 5.74) is 6.72. The molecule has 2 unspecified atom stereocenters. The average Bonchev–Trinajstić information content (AvgIpc) is 3.50. The first-order valence-electron chi connectivity index (χ1n) is 15.8. The first kappa shape index (κ1) is 30.8. The normalized spacial score (nSPS) is 38.3. The zero-order chi connectivity index (χ0) is 31.9. The molecule has 1 aliphatic heterocycles. The monoisotopic (exact) mass is 633 g/mol. The lowest BCUT2D eigenvalue weighted by molar-refractivity contribution is -0.201. The van der Waals surface area contributed by atoms with Gasteiger partial charge in [0.1, 0.15) is 12.4 Å². The van der Waals surface area contributed by atoms with Gasteiger partial charge in [0.25, 0.3) is 0 Å². The van der Waals surface area contributed by atoms with E-state index in [0.29, 0.717) is 28.3 Å². The second-order valence-electron chi connectivity index (χ2n) is 13.9. The van der Waals surface area contributed by atoms with Crippen molar-refractivity contribution in [1.82, 2.24) is 0 Å². The number of rotatable bonds is 6. The molecule has 4 fully saturated rings. The molecule has 7 rings (SSSR count). The van der Waals surface area contributed by atoms with Crippen LogP contribution < -0.4 is 5.73 Å². The number of aliphatic hydroxyl groups excluding tert-OH is 2. The van der Waals surface area contributed by atoms with Gasteiger partial charge in [-0.15, -0.1) is 11.8 Å². The van der Waals surface area contributed by atoms with Crippen molar-refractivity contribution in [2.45, 2.75) is 81.2 Å². The number of fused-ring (bicyclic) bond motifs is 7. The Balaban J connectivity index is 1.22. The van der Waals surface area contributed by atoms with E-state index < -0.39 is 53.1 Å². The third kappa shape index (κ3) is 4.38. The molecule has 2 aromatic rings. The van der Waals surface area contributed by atoms with Crippen LogP contribution in [0.15, 0.2) is 65.1 Å². The molecule has 0 amide bonds. The maximum Gasteiger partial charge on any atom is 0.193 e. The minimum Gasteiger partial charge on any atom is -0.398 e. The Morgan fingerprint density at radius 2 is 1.98 bits per heavy atom. The molecule has 5 aliphatic rings. The lowest BCUT2D eigenvalue weighted by Crippen LogP contribution is -2.63. The molecule has 0 radical (unpaired) electrons. The number of aryl methyl sites for hydroxylation is 1. The molecule has 3 saturated carbocycles. The SMILES string of the molecule is Cc1ccc(SCc2ccccc2N)c(F)c1[C@@H]1O[C@@H]2CC3[C@@H]4CCC5=CC(=O)C=C[C@]5(C)C4[C@@H](O)C[C@]3(C)[C@]2(C(=O)CO)O1. The topological polar surface area (TPSA) is 119 Å². The Kier molecular flexibility index (Phi) is 7.45. The number of benzene rings is 2. The highest BCUT2D eigenvalue weighted by Crippen LogP contribution is 2.70. The zero-order valence-corrected chi connectivity index (χ0v) is 26.6. The zero-order valence-electron chi connectivity index (χ0n) is 25.8. The molecular weight excluding hydrogens is 593 g/mol. The highest BCUT2D eigenvalue weighted by molar-refractivity contribution is 7.98. The van der Waals surface area contributed by atoms with Crippen molar-refractivity contribution < 1.29 is 33.7 Å². The number of allylic oxidation sites excluding steroid dienone is 4. The van der Waals surface area contributed by atoms with E-state index in [1.54, 1.807) is 25.1 Å². The van der Waals surface area contributed by atoms with Crippen LogP contribution >= 0.6 is 11.8 Å². The van der Waals surface area contributed by atoms with E-state index in [-0.39, 0.29) is 35.5 Å². The summed E-state index contributed by atoms with van der Waals surface area (Å²) in [4.78, 5) is 26.5. The van der Waals surface area contributed by atoms with E-state index in [1.165, 1.54) is 11.8 Å². The third-order valence-electron chi connectivity index (χ3n) is 11.8. The van der Waals surface area contributed by atoms with Gasteiger partial charge in [-0.1, -0.05) is 49.8 Å². The maximum absolute atomic E-state index is 16.3. The molecule has 7 nitrogen and oxygen atoms in total. The van der Waals surface area contributed by atoms with Crippen molar-refractivity contribution in [3.05, 3.63) is 82.7 Å². The summed E-state index contributed by atoms with van der Waals surface area (Å²) in [6.07, 6.45) is 4.87. The Bertz CT molecular complexity index is 1640. The number of halogens is 1. The Morgan fingerprint density at radius 3 is 2.73 bits per heavy atom. The molecule has 4 aliphatic carbocycles. The first-order valence-corrected chi connectivity index (χ1v) is 16.8. The molecule has 45 heavy (non-hydrogen) atoms. The Labute approximate surface area is 267 Å². The number of carbonyl (C=O) groups excluding carboxylic acids is 2. The lowest BCUT2D eigenvalue weighted by Gasteiger charge is -2.59. The molecule has 238 valence electrons. The fourth-order valence-corrected chi connectivity index (χ4v) is 10.7. The molecule has 0 bridgehead atoms. The number of hydrogen-bond acceptors (Lipinski definition) is 8. The van der Waals surface area contributed by atoms with E-state index >= 15 is 4.39 Å². The number of para-hydroxylation sites is 1. The van der Waals surface area contributed by atoms with E-state index in [9.17, 15) is 19.8 Å². The fourth-order valence-electron chi connectivity index (χ4n) is 9.71. The van der Waals surface area contributed by atoms with Crippen molar-refractivity contribution in [2.24, 2.45) is 28.6 Å². The van der Waals surface area contributed by atoms with Crippen molar-refractivity contribution in [3.8, 4) is 0 Å². The minimum absolute atomic E-state index is 0.0269. The van der Waals surface area contributed by atoms with Gasteiger partial charge in [0.05, 0.1) is 12.2 Å². The molecule has 0 aromatic heterocycles. The summed E-state index contributed by atoms with van der Waals surface area (Å²) >= 11 is 1.33. The van der Waals surface area contributed by atoms with Crippen LogP contribution in [0.3, 0.4) is 0 Å². The van der Waals surface area contributed by atoms with Gasteiger partial charge in [-0.05, 0) is 79.9 Å². The van der Waals surface area contributed by atoms with E-state index in [0.717, 1.165) is 24.0 Å². The van der Waals surface area contributed by atoms with E-state index in [1.807, 2.05) is 43.3 Å². The summed E-state index contributed by atoms with van der Waals surface area (Å²) in [5, 5.41) is 22.2. The average molecular weight is 634 g/mol. The summed E-state index contributed by atoms with van der Waals surface area (Å²) in [6, 6.07) is 11.0. The van der Waals surface area contributed by atoms with Crippen LogP contribution in [0.25, 0.3) is 0 Å². The largest absolute Gasteiger partial charge is 0.398 e. The molecule has 9 atom stereocenters. The lowest BCUT2D eigenvalue weighted by atomic mass is 9.46. The van der Waals surface area contributed by atoms with Crippen LogP contribution in [0.1, 0.15) is 62.5 Å². The summed E-state index contributed by atoms with van der Waals surface area (Å²) < 4.78 is 29.5. The number of Topliss-reactive ketones (excluding diaryl/α,β-unsaturated/α-hetero) is 1. The second kappa shape index (κ2) is 10.9. The number of carbonyl (C=O) groups is 2. The van der Waals surface area contributed by atoms with Gasteiger partial charge >= 0.3 is 0 Å². The van der Waals surface area contributed by atoms with Crippen LogP contribution in [-0.4, -0.2) is 46.2 Å². The number of hydrogen-bond donors (Lipinski definition) is 3. The summed E-state index contributed by atoms with van der Waals surface area (Å²) in [5.74, 6) is -0.645. The highest BCUT2D eigenvalue weighted by atomic mass is 32.2. The van der Waals surface area contributed by atoms with Gasteiger partial charge in [0.15, 0.2) is 23.5 Å². The second-order valence-corrected chi connectivity index (χ2v) is 15.0. The van der Waals surface area contributed by atoms with Gasteiger partial charge in [0.2, 0.25) is 0 Å². The van der Waals surface area contributed by atoms with Gasteiger partial charge in [-0.2, -0.15) is 0 Å². The van der Waals surface area contributed by atoms with Crippen LogP contribution in [-0.2, 0) is 24.8 Å². The number of ketones is 2. The summed E-state index contributed by atoms with van der Waals surface area (Å²) in [7, 11) is 0. The first-order chi connectivity index (χ1) is 21.4. The molecule has 2 aromatic carbocycles. The molecule has 9 heteroatoms. The Morgan fingerprint density at radius 1 is 1.20 bits per heavy atom. The van der Waals surface area contributed by atoms with Crippen LogP contribution in [0.4, 0.5) is 10.1 Å². The number of aliphatic hydroxyl groups is 2. The van der Waals surface area contributed by atoms with Gasteiger partial charge in [0, 0.05) is 38.6 Å². The highest BCUT2D eigenvalue weighted by Gasteiger charge is 2.76. The predicted molar refractivity (Wildman–Crippen MR) is 168 cm³/mol. The van der Waals surface area contributed by atoms with Crippen molar-refractivity contribution in [1.29, 1.82) is 0 Å². The maximum atomic E-state index is 16.3. The molecular formula is C36H40FNO6S. The number of nitrogen functional groups attached to an aromatic ring is 1. The van der Waals surface area contributed by atoms with Crippen molar-refractivity contribution in [3.63, 3.8) is 0 Å². The Hall–Kier alpha value is -2.82. The van der Waals surface area contributed by atoms with Gasteiger partial charge in [-0.3, -0.25) is 9.59 Å². The fraction of sp³-hybridized carbons (Fsp3) is 0.500.